The normalized spacial score (nSPS) is 11.9. The molecule has 0 bridgehead atoms. The summed E-state index contributed by atoms with van der Waals surface area (Å²) in [5, 5.41) is 3.40. The second kappa shape index (κ2) is 9.53. The molecule has 2 aromatic rings. The summed E-state index contributed by atoms with van der Waals surface area (Å²) in [6, 6.07) is 11.0. The van der Waals surface area contributed by atoms with Crippen LogP contribution in [0.15, 0.2) is 47.1 Å². The Hall–Kier alpha value is -1.59. The first kappa shape index (κ1) is 17.8. The van der Waals surface area contributed by atoms with Gasteiger partial charge >= 0.3 is 0 Å². The van der Waals surface area contributed by atoms with Gasteiger partial charge in [-0.1, -0.05) is 30.7 Å². The van der Waals surface area contributed by atoms with Crippen molar-refractivity contribution in [3.63, 3.8) is 0 Å². The molecule has 0 fully saturated rings. The fourth-order valence-corrected chi connectivity index (χ4v) is 2.88. The zero-order valence-corrected chi connectivity index (χ0v) is 14.5. The molecule has 1 N–H and O–H groups in total. The van der Waals surface area contributed by atoms with Crippen LogP contribution in [0.1, 0.15) is 19.1 Å². The standard InChI is InChI=1S/C17H20ClNO3S/c1-2-15(22-16-8-4-3-7-14(16)18)17(20)19-9-11-23-12-13-6-5-10-21-13/h3-8,10,15H,2,9,11-12H2,1H3,(H,19,20). The summed E-state index contributed by atoms with van der Waals surface area (Å²) in [5.74, 6) is 2.97. The molecular weight excluding hydrogens is 334 g/mol. The van der Waals surface area contributed by atoms with Gasteiger partial charge in [0, 0.05) is 12.3 Å². The summed E-state index contributed by atoms with van der Waals surface area (Å²) in [6.45, 7) is 2.50. The molecule has 0 aliphatic rings. The fourth-order valence-electron chi connectivity index (χ4n) is 1.94. The van der Waals surface area contributed by atoms with Crippen molar-refractivity contribution in [3.05, 3.63) is 53.4 Å². The van der Waals surface area contributed by atoms with Gasteiger partial charge < -0.3 is 14.5 Å². The Morgan fingerprint density at radius 2 is 2.17 bits per heavy atom. The molecule has 6 heteroatoms. The number of thioether (sulfide) groups is 1. The highest BCUT2D eigenvalue weighted by Crippen LogP contribution is 2.24. The van der Waals surface area contributed by atoms with Gasteiger partial charge in [-0.25, -0.2) is 0 Å². The number of furan rings is 1. The van der Waals surface area contributed by atoms with E-state index in [2.05, 4.69) is 5.32 Å². The summed E-state index contributed by atoms with van der Waals surface area (Å²) in [7, 11) is 0. The summed E-state index contributed by atoms with van der Waals surface area (Å²) in [4.78, 5) is 12.2. The highest BCUT2D eigenvalue weighted by molar-refractivity contribution is 7.98. The maximum absolute atomic E-state index is 12.2. The zero-order valence-electron chi connectivity index (χ0n) is 13.0. The van der Waals surface area contributed by atoms with Crippen LogP contribution in [0, 0.1) is 0 Å². The van der Waals surface area contributed by atoms with Crippen molar-refractivity contribution in [2.45, 2.75) is 25.2 Å². The summed E-state index contributed by atoms with van der Waals surface area (Å²) in [6.07, 6.45) is 1.71. The lowest BCUT2D eigenvalue weighted by Crippen LogP contribution is -2.39. The SMILES string of the molecule is CCC(Oc1ccccc1Cl)C(=O)NCCSCc1ccco1. The highest BCUT2D eigenvalue weighted by Gasteiger charge is 2.18. The molecule has 4 nitrogen and oxygen atoms in total. The van der Waals surface area contributed by atoms with Crippen molar-refractivity contribution in [1.29, 1.82) is 0 Å². The van der Waals surface area contributed by atoms with E-state index in [1.165, 1.54) is 0 Å². The topological polar surface area (TPSA) is 51.5 Å². The lowest BCUT2D eigenvalue weighted by atomic mass is 10.2. The van der Waals surface area contributed by atoms with E-state index in [0.717, 1.165) is 17.3 Å². The first-order valence-corrected chi connectivity index (χ1v) is 9.03. The van der Waals surface area contributed by atoms with Crippen LogP contribution >= 0.6 is 23.4 Å². The van der Waals surface area contributed by atoms with Crippen molar-refractivity contribution in [1.82, 2.24) is 5.32 Å². The molecule has 1 unspecified atom stereocenters. The van der Waals surface area contributed by atoms with E-state index < -0.39 is 6.10 Å². The van der Waals surface area contributed by atoms with Gasteiger partial charge in [-0.3, -0.25) is 4.79 Å². The predicted molar refractivity (Wildman–Crippen MR) is 94.0 cm³/mol. The molecule has 1 atom stereocenters. The van der Waals surface area contributed by atoms with Gasteiger partial charge in [-0.05, 0) is 30.7 Å². The first-order chi connectivity index (χ1) is 11.2. The van der Waals surface area contributed by atoms with Crippen LogP contribution in [0.2, 0.25) is 5.02 Å². The number of carbonyl (C=O) groups is 1. The van der Waals surface area contributed by atoms with E-state index in [-0.39, 0.29) is 5.91 Å². The number of hydrogen-bond acceptors (Lipinski definition) is 4. The monoisotopic (exact) mass is 353 g/mol. The third kappa shape index (κ3) is 5.84. The van der Waals surface area contributed by atoms with Crippen LogP contribution in [-0.2, 0) is 10.5 Å². The number of para-hydroxylation sites is 1. The van der Waals surface area contributed by atoms with Gasteiger partial charge in [0.25, 0.3) is 5.91 Å². The summed E-state index contributed by atoms with van der Waals surface area (Å²) < 4.78 is 11.0. The number of nitrogens with one attached hydrogen (secondary N) is 1. The number of ether oxygens (including phenoxy) is 1. The quantitative estimate of drug-likeness (QED) is 0.688. The van der Waals surface area contributed by atoms with Gasteiger partial charge in [-0.15, -0.1) is 0 Å². The van der Waals surface area contributed by atoms with E-state index >= 15 is 0 Å². The maximum Gasteiger partial charge on any atom is 0.261 e. The average molecular weight is 354 g/mol. The van der Waals surface area contributed by atoms with Crippen LogP contribution in [-0.4, -0.2) is 24.3 Å². The van der Waals surface area contributed by atoms with Crippen molar-refractivity contribution < 1.29 is 13.9 Å². The zero-order chi connectivity index (χ0) is 16.5. The van der Waals surface area contributed by atoms with Gasteiger partial charge in [0.1, 0.15) is 11.5 Å². The lowest BCUT2D eigenvalue weighted by Gasteiger charge is -2.18. The molecule has 0 spiro atoms. The predicted octanol–water partition coefficient (Wildman–Crippen LogP) is 4.14. The minimum Gasteiger partial charge on any atom is -0.479 e. The molecule has 1 aromatic heterocycles. The van der Waals surface area contributed by atoms with Crippen molar-refractivity contribution in [2.24, 2.45) is 0 Å². The molecule has 0 aliphatic carbocycles. The molecule has 0 saturated heterocycles. The molecule has 0 aliphatic heterocycles. The van der Waals surface area contributed by atoms with Crippen LogP contribution in [0.4, 0.5) is 0 Å². The van der Waals surface area contributed by atoms with E-state index in [1.54, 1.807) is 30.2 Å². The van der Waals surface area contributed by atoms with Crippen molar-refractivity contribution in [3.8, 4) is 5.75 Å². The number of halogens is 1. The van der Waals surface area contributed by atoms with Gasteiger partial charge in [-0.2, -0.15) is 11.8 Å². The average Bonchev–Trinajstić information content (AvgIpc) is 3.07. The van der Waals surface area contributed by atoms with Gasteiger partial charge in [0.05, 0.1) is 17.0 Å². The molecule has 1 heterocycles. The molecule has 0 saturated carbocycles. The number of carbonyl (C=O) groups excluding carboxylic acids is 1. The van der Waals surface area contributed by atoms with E-state index in [9.17, 15) is 4.79 Å². The highest BCUT2D eigenvalue weighted by atomic mass is 35.5. The number of hydrogen-bond donors (Lipinski definition) is 1. The van der Waals surface area contributed by atoms with Crippen LogP contribution in [0.25, 0.3) is 0 Å². The smallest absolute Gasteiger partial charge is 0.261 e. The van der Waals surface area contributed by atoms with Crippen LogP contribution in [0.3, 0.4) is 0 Å². The number of benzene rings is 1. The van der Waals surface area contributed by atoms with Crippen LogP contribution in [0.5, 0.6) is 5.75 Å². The Kier molecular flexibility index (Phi) is 7.36. The van der Waals surface area contributed by atoms with Crippen molar-refractivity contribution in [2.75, 3.05) is 12.3 Å². The number of amides is 1. The van der Waals surface area contributed by atoms with Gasteiger partial charge in [0.15, 0.2) is 6.10 Å². The molecule has 23 heavy (non-hydrogen) atoms. The summed E-state index contributed by atoms with van der Waals surface area (Å²) in [5.41, 5.74) is 0. The third-order valence-corrected chi connectivity index (χ3v) is 4.43. The Labute approximate surface area is 145 Å². The lowest BCUT2D eigenvalue weighted by molar-refractivity contribution is -0.127. The molecule has 2 rings (SSSR count). The van der Waals surface area contributed by atoms with Crippen molar-refractivity contribution >= 4 is 29.3 Å². The van der Waals surface area contributed by atoms with E-state index in [4.69, 9.17) is 20.8 Å². The molecule has 0 radical (unpaired) electrons. The molecule has 1 amide bonds. The second-order valence-electron chi connectivity index (χ2n) is 4.87. The Bertz CT molecular complexity index is 604. The molecule has 1 aromatic carbocycles. The fraction of sp³-hybridized carbons (Fsp3) is 0.353. The largest absolute Gasteiger partial charge is 0.479 e. The minimum absolute atomic E-state index is 0.119. The third-order valence-electron chi connectivity index (χ3n) is 3.14. The molecule has 124 valence electrons. The Morgan fingerprint density at radius 3 is 2.87 bits per heavy atom. The Balaban J connectivity index is 1.71. The van der Waals surface area contributed by atoms with Gasteiger partial charge in [0.2, 0.25) is 0 Å². The van der Waals surface area contributed by atoms with Crippen LogP contribution < -0.4 is 10.1 Å². The van der Waals surface area contributed by atoms with E-state index in [0.29, 0.717) is 23.7 Å². The molecular formula is C17H20ClNO3S. The second-order valence-corrected chi connectivity index (χ2v) is 6.38. The minimum atomic E-state index is -0.537. The maximum atomic E-state index is 12.2. The van der Waals surface area contributed by atoms with E-state index in [1.807, 2.05) is 31.2 Å². The Morgan fingerprint density at radius 1 is 1.35 bits per heavy atom. The number of rotatable bonds is 9. The summed E-state index contributed by atoms with van der Waals surface area (Å²) >= 11 is 7.76. The first-order valence-electron chi connectivity index (χ1n) is 7.49.